The Kier molecular flexibility index (Phi) is 6.42. The third kappa shape index (κ3) is 4.85. The molecule has 3 nitrogen and oxygen atoms in total. The second-order valence-corrected chi connectivity index (χ2v) is 6.58. The van der Waals surface area contributed by atoms with Crippen molar-refractivity contribution in [1.82, 2.24) is 5.32 Å². The Bertz CT molecular complexity index is 635. The van der Waals surface area contributed by atoms with Crippen molar-refractivity contribution in [2.24, 2.45) is 5.92 Å². The summed E-state index contributed by atoms with van der Waals surface area (Å²) in [5.41, 5.74) is 2.30. The number of hydrogen-bond acceptors (Lipinski definition) is 2. The fourth-order valence-electron chi connectivity index (χ4n) is 2.86. The van der Waals surface area contributed by atoms with Crippen LogP contribution in [0.1, 0.15) is 50.3 Å². The zero-order valence-electron chi connectivity index (χ0n) is 15.0. The molecule has 2 aromatic carbocycles. The molecule has 3 heteroatoms. The maximum atomic E-state index is 12.5. The van der Waals surface area contributed by atoms with Crippen LogP contribution in [0.15, 0.2) is 54.6 Å². The summed E-state index contributed by atoms with van der Waals surface area (Å²) >= 11 is 0. The van der Waals surface area contributed by atoms with Crippen molar-refractivity contribution < 1.29 is 9.53 Å². The van der Waals surface area contributed by atoms with E-state index in [-0.39, 0.29) is 17.9 Å². The molecule has 2 rings (SSSR count). The van der Waals surface area contributed by atoms with Crippen LogP contribution >= 0.6 is 0 Å². The minimum absolute atomic E-state index is 0.00591. The normalized spacial score (nSPS) is 13.4. The van der Waals surface area contributed by atoms with E-state index >= 15 is 0 Å². The third-order valence-corrected chi connectivity index (χ3v) is 4.32. The highest BCUT2D eigenvalue weighted by Gasteiger charge is 2.20. The summed E-state index contributed by atoms with van der Waals surface area (Å²) in [6.45, 7) is 6.33. The maximum absolute atomic E-state index is 12.5. The van der Waals surface area contributed by atoms with Crippen molar-refractivity contribution in [2.75, 3.05) is 7.11 Å². The summed E-state index contributed by atoms with van der Waals surface area (Å²) in [6.07, 6.45) is 0.489. The van der Waals surface area contributed by atoms with Gasteiger partial charge in [-0.2, -0.15) is 0 Å². The van der Waals surface area contributed by atoms with Crippen LogP contribution in [0, 0.1) is 5.92 Å². The average Bonchev–Trinajstić information content (AvgIpc) is 2.60. The fraction of sp³-hybridized carbons (Fsp3) is 0.381. The van der Waals surface area contributed by atoms with E-state index in [1.54, 1.807) is 7.11 Å². The standard InChI is InChI=1S/C21H27NO2/c1-15(2)21(18-10-12-19(24-4)13-11-18)22-20(23)14-16(3)17-8-6-5-7-9-17/h5-13,15-16,21H,14H2,1-4H3,(H,22,23). The number of hydrogen-bond donors (Lipinski definition) is 1. The van der Waals surface area contributed by atoms with E-state index in [9.17, 15) is 4.79 Å². The van der Waals surface area contributed by atoms with Crippen LogP contribution in [0.25, 0.3) is 0 Å². The van der Waals surface area contributed by atoms with Gasteiger partial charge in [0, 0.05) is 6.42 Å². The molecule has 0 aliphatic rings. The monoisotopic (exact) mass is 325 g/mol. The lowest BCUT2D eigenvalue weighted by molar-refractivity contribution is -0.122. The van der Waals surface area contributed by atoms with Crippen LogP contribution in [0.3, 0.4) is 0 Å². The largest absolute Gasteiger partial charge is 0.497 e. The van der Waals surface area contributed by atoms with E-state index in [0.717, 1.165) is 11.3 Å². The Morgan fingerprint density at radius 3 is 2.12 bits per heavy atom. The van der Waals surface area contributed by atoms with E-state index in [0.29, 0.717) is 12.3 Å². The summed E-state index contributed by atoms with van der Waals surface area (Å²) < 4.78 is 5.20. The molecule has 0 spiro atoms. The number of ether oxygens (including phenoxy) is 1. The van der Waals surface area contributed by atoms with Gasteiger partial charge in [-0.15, -0.1) is 0 Å². The molecular formula is C21H27NO2. The number of amides is 1. The predicted octanol–water partition coefficient (Wildman–Crippen LogP) is 4.70. The number of methoxy groups -OCH3 is 1. The molecule has 128 valence electrons. The molecule has 2 aromatic rings. The van der Waals surface area contributed by atoms with Crippen molar-refractivity contribution in [3.8, 4) is 5.75 Å². The van der Waals surface area contributed by atoms with Crippen LogP contribution in [-0.4, -0.2) is 13.0 Å². The van der Waals surface area contributed by atoms with Crippen molar-refractivity contribution in [2.45, 2.75) is 39.2 Å². The van der Waals surface area contributed by atoms with Gasteiger partial charge < -0.3 is 10.1 Å². The van der Waals surface area contributed by atoms with Gasteiger partial charge in [-0.25, -0.2) is 0 Å². The first-order valence-corrected chi connectivity index (χ1v) is 8.49. The Morgan fingerprint density at radius 2 is 1.58 bits per heavy atom. The number of benzene rings is 2. The molecule has 24 heavy (non-hydrogen) atoms. The lowest BCUT2D eigenvalue weighted by Gasteiger charge is -2.24. The quantitative estimate of drug-likeness (QED) is 0.801. The smallest absolute Gasteiger partial charge is 0.221 e. The molecule has 2 unspecified atom stereocenters. The molecule has 0 bridgehead atoms. The van der Waals surface area contributed by atoms with Crippen molar-refractivity contribution in [3.05, 3.63) is 65.7 Å². The van der Waals surface area contributed by atoms with Gasteiger partial charge in [-0.05, 0) is 35.1 Å². The van der Waals surface area contributed by atoms with Gasteiger partial charge in [0.2, 0.25) is 5.91 Å². The lowest BCUT2D eigenvalue weighted by Crippen LogP contribution is -2.32. The first kappa shape index (κ1) is 18.1. The predicted molar refractivity (Wildman–Crippen MR) is 98.2 cm³/mol. The molecule has 0 fully saturated rings. The van der Waals surface area contributed by atoms with Crippen LogP contribution in [-0.2, 0) is 4.79 Å². The molecule has 1 N–H and O–H groups in total. The molecule has 1 amide bonds. The molecule has 0 aliphatic heterocycles. The minimum atomic E-state index is 0.00591. The zero-order valence-corrected chi connectivity index (χ0v) is 15.0. The Labute approximate surface area is 145 Å². The SMILES string of the molecule is COc1ccc(C(NC(=O)CC(C)c2ccccc2)C(C)C)cc1. The minimum Gasteiger partial charge on any atom is -0.497 e. The maximum Gasteiger partial charge on any atom is 0.221 e. The van der Waals surface area contributed by atoms with Crippen LogP contribution in [0.5, 0.6) is 5.75 Å². The molecule has 0 heterocycles. The van der Waals surface area contributed by atoms with Gasteiger partial charge in [0.25, 0.3) is 0 Å². The second kappa shape index (κ2) is 8.53. The van der Waals surface area contributed by atoms with Crippen molar-refractivity contribution >= 4 is 5.91 Å². The summed E-state index contributed by atoms with van der Waals surface area (Å²) in [6, 6.07) is 18.1. The highest BCUT2D eigenvalue weighted by Crippen LogP contribution is 2.25. The highest BCUT2D eigenvalue weighted by molar-refractivity contribution is 5.77. The Hall–Kier alpha value is -2.29. The van der Waals surface area contributed by atoms with E-state index in [2.05, 4.69) is 38.2 Å². The number of rotatable bonds is 7. The molecule has 0 aliphatic carbocycles. The Morgan fingerprint density at radius 1 is 0.958 bits per heavy atom. The lowest BCUT2D eigenvalue weighted by atomic mass is 9.94. The Balaban J connectivity index is 2.02. The van der Waals surface area contributed by atoms with Crippen LogP contribution in [0.4, 0.5) is 0 Å². The first-order valence-electron chi connectivity index (χ1n) is 8.49. The summed E-state index contributed by atoms with van der Waals surface area (Å²) in [5.74, 6) is 1.43. The third-order valence-electron chi connectivity index (χ3n) is 4.32. The average molecular weight is 325 g/mol. The molecular weight excluding hydrogens is 298 g/mol. The fourth-order valence-corrected chi connectivity index (χ4v) is 2.86. The van der Waals surface area contributed by atoms with E-state index in [1.807, 2.05) is 42.5 Å². The number of carbonyl (C=O) groups is 1. The van der Waals surface area contributed by atoms with E-state index in [1.165, 1.54) is 5.56 Å². The number of nitrogens with one attached hydrogen (secondary N) is 1. The van der Waals surface area contributed by atoms with Gasteiger partial charge in [-0.3, -0.25) is 4.79 Å². The van der Waals surface area contributed by atoms with Gasteiger partial charge in [-0.1, -0.05) is 63.2 Å². The first-order chi connectivity index (χ1) is 11.5. The molecule has 2 atom stereocenters. The van der Waals surface area contributed by atoms with Crippen molar-refractivity contribution in [1.29, 1.82) is 0 Å². The molecule has 0 aromatic heterocycles. The number of carbonyl (C=O) groups excluding carboxylic acids is 1. The van der Waals surface area contributed by atoms with E-state index in [4.69, 9.17) is 4.74 Å². The van der Waals surface area contributed by atoms with E-state index < -0.39 is 0 Å². The molecule has 0 radical (unpaired) electrons. The van der Waals surface area contributed by atoms with Crippen LogP contribution in [0.2, 0.25) is 0 Å². The summed E-state index contributed by atoms with van der Waals surface area (Å²) in [5, 5.41) is 3.19. The van der Waals surface area contributed by atoms with Gasteiger partial charge in [0.1, 0.15) is 5.75 Å². The van der Waals surface area contributed by atoms with Gasteiger partial charge in [0.15, 0.2) is 0 Å². The summed E-state index contributed by atoms with van der Waals surface area (Å²) in [4.78, 5) is 12.5. The van der Waals surface area contributed by atoms with Crippen molar-refractivity contribution in [3.63, 3.8) is 0 Å². The van der Waals surface area contributed by atoms with Gasteiger partial charge >= 0.3 is 0 Å². The zero-order chi connectivity index (χ0) is 17.5. The van der Waals surface area contributed by atoms with Crippen LogP contribution < -0.4 is 10.1 Å². The van der Waals surface area contributed by atoms with Gasteiger partial charge in [0.05, 0.1) is 13.2 Å². The highest BCUT2D eigenvalue weighted by atomic mass is 16.5. The second-order valence-electron chi connectivity index (χ2n) is 6.58. The molecule has 0 saturated carbocycles. The topological polar surface area (TPSA) is 38.3 Å². The summed E-state index contributed by atoms with van der Waals surface area (Å²) in [7, 11) is 1.65. The molecule has 0 saturated heterocycles.